The molecule has 2 N–H and O–H groups in total. The molecule has 6 nitrogen and oxygen atoms in total. The SMILES string of the molecule is CC(C)C(NC(=O)c1ccccc1F)C(=O)Nc1nc2cc(Cl)ccc2n1C. The van der Waals surface area contributed by atoms with Crippen LogP contribution in [0.5, 0.6) is 0 Å². The van der Waals surface area contributed by atoms with Crippen LogP contribution in [-0.2, 0) is 11.8 Å². The molecule has 8 heteroatoms. The second-order valence-corrected chi connectivity index (χ2v) is 7.23. The second kappa shape index (κ2) is 7.98. The van der Waals surface area contributed by atoms with E-state index in [9.17, 15) is 14.0 Å². The lowest BCUT2D eigenvalue weighted by atomic mass is 10.0. The molecule has 3 aromatic rings. The van der Waals surface area contributed by atoms with Gasteiger partial charge in [0.15, 0.2) is 0 Å². The second-order valence-electron chi connectivity index (χ2n) is 6.79. The Labute approximate surface area is 166 Å². The predicted molar refractivity (Wildman–Crippen MR) is 107 cm³/mol. The van der Waals surface area contributed by atoms with Crippen molar-refractivity contribution in [2.45, 2.75) is 19.9 Å². The average molecular weight is 403 g/mol. The van der Waals surface area contributed by atoms with Crippen LogP contribution in [0.3, 0.4) is 0 Å². The van der Waals surface area contributed by atoms with E-state index in [1.54, 1.807) is 49.7 Å². The summed E-state index contributed by atoms with van der Waals surface area (Å²) in [6.07, 6.45) is 0. The first-order valence-corrected chi connectivity index (χ1v) is 9.14. The number of rotatable bonds is 5. The maximum Gasteiger partial charge on any atom is 0.254 e. The van der Waals surface area contributed by atoms with Gasteiger partial charge in [0.25, 0.3) is 5.91 Å². The van der Waals surface area contributed by atoms with Crippen LogP contribution in [0, 0.1) is 11.7 Å². The van der Waals surface area contributed by atoms with E-state index in [1.807, 2.05) is 0 Å². The summed E-state index contributed by atoms with van der Waals surface area (Å²) in [6, 6.07) is 10.0. The summed E-state index contributed by atoms with van der Waals surface area (Å²) in [5, 5.41) is 5.88. The molecule has 3 rings (SSSR count). The minimum Gasteiger partial charge on any atom is -0.340 e. The Morgan fingerprint density at radius 2 is 1.89 bits per heavy atom. The summed E-state index contributed by atoms with van der Waals surface area (Å²) in [5.41, 5.74) is 1.33. The number of benzene rings is 2. The molecule has 0 aliphatic rings. The third-order valence-electron chi connectivity index (χ3n) is 4.43. The monoisotopic (exact) mass is 402 g/mol. The Bertz CT molecular complexity index is 1050. The smallest absolute Gasteiger partial charge is 0.254 e. The Kier molecular flexibility index (Phi) is 5.65. The van der Waals surface area contributed by atoms with Gasteiger partial charge in [0, 0.05) is 12.1 Å². The molecule has 0 saturated heterocycles. The zero-order chi connectivity index (χ0) is 20.4. The van der Waals surface area contributed by atoms with Crippen molar-refractivity contribution < 1.29 is 14.0 Å². The van der Waals surface area contributed by atoms with Gasteiger partial charge < -0.3 is 9.88 Å². The van der Waals surface area contributed by atoms with Crippen LogP contribution in [-0.4, -0.2) is 27.4 Å². The van der Waals surface area contributed by atoms with Crippen molar-refractivity contribution in [3.8, 4) is 0 Å². The van der Waals surface area contributed by atoms with Crippen molar-refractivity contribution in [3.05, 3.63) is 58.9 Å². The van der Waals surface area contributed by atoms with Gasteiger partial charge in [-0.05, 0) is 36.2 Å². The number of nitrogens with one attached hydrogen (secondary N) is 2. The number of hydrogen-bond acceptors (Lipinski definition) is 3. The maximum absolute atomic E-state index is 13.9. The van der Waals surface area contributed by atoms with Gasteiger partial charge in [-0.3, -0.25) is 14.9 Å². The molecule has 28 heavy (non-hydrogen) atoms. The van der Waals surface area contributed by atoms with E-state index in [4.69, 9.17) is 11.6 Å². The first-order valence-electron chi connectivity index (χ1n) is 8.76. The minimum absolute atomic E-state index is 0.113. The van der Waals surface area contributed by atoms with Crippen molar-refractivity contribution in [1.82, 2.24) is 14.9 Å². The van der Waals surface area contributed by atoms with Gasteiger partial charge in [0.05, 0.1) is 16.6 Å². The number of amides is 2. The molecule has 1 heterocycles. The Morgan fingerprint density at radius 3 is 2.57 bits per heavy atom. The van der Waals surface area contributed by atoms with Crippen LogP contribution in [0.4, 0.5) is 10.3 Å². The molecule has 1 atom stereocenters. The average Bonchev–Trinajstić information content (AvgIpc) is 2.94. The number of anilines is 1. The lowest BCUT2D eigenvalue weighted by Crippen LogP contribution is -2.47. The van der Waals surface area contributed by atoms with E-state index in [0.717, 1.165) is 5.52 Å². The van der Waals surface area contributed by atoms with E-state index < -0.39 is 23.7 Å². The highest BCUT2D eigenvalue weighted by atomic mass is 35.5. The van der Waals surface area contributed by atoms with Crippen LogP contribution >= 0.6 is 11.6 Å². The first kappa shape index (κ1) is 19.8. The van der Waals surface area contributed by atoms with E-state index in [2.05, 4.69) is 15.6 Å². The fourth-order valence-electron chi connectivity index (χ4n) is 2.87. The van der Waals surface area contributed by atoms with Crippen molar-refractivity contribution in [2.75, 3.05) is 5.32 Å². The molecule has 0 aliphatic heterocycles. The number of nitrogens with zero attached hydrogens (tertiary/aromatic N) is 2. The number of aryl methyl sites for hydroxylation is 1. The molecule has 0 spiro atoms. The quantitative estimate of drug-likeness (QED) is 0.682. The molecular weight excluding hydrogens is 383 g/mol. The van der Waals surface area contributed by atoms with Crippen molar-refractivity contribution in [2.24, 2.45) is 13.0 Å². The lowest BCUT2D eigenvalue weighted by molar-refractivity contribution is -0.119. The summed E-state index contributed by atoms with van der Waals surface area (Å²) in [7, 11) is 1.77. The van der Waals surface area contributed by atoms with Crippen LogP contribution in [0.25, 0.3) is 11.0 Å². The fourth-order valence-corrected chi connectivity index (χ4v) is 3.04. The van der Waals surface area contributed by atoms with Crippen molar-refractivity contribution in [3.63, 3.8) is 0 Å². The standard InChI is InChI=1S/C20H20ClFN4O2/c1-11(2)17(24-18(27)13-6-4-5-7-14(13)22)19(28)25-20-23-15-10-12(21)8-9-16(15)26(20)3/h4-11,17H,1-3H3,(H,24,27)(H,23,25,28). The Hall–Kier alpha value is -2.93. The Morgan fingerprint density at radius 1 is 1.18 bits per heavy atom. The third kappa shape index (κ3) is 3.99. The molecule has 1 unspecified atom stereocenters. The van der Waals surface area contributed by atoms with E-state index in [0.29, 0.717) is 16.5 Å². The number of hydrogen-bond donors (Lipinski definition) is 2. The van der Waals surface area contributed by atoms with Crippen molar-refractivity contribution in [1.29, 1.82) is 0 Å². The zero-order valence-electron chi connectivity index (χ0n) is 15.7. The van der Waals surface area contributed by atoms with Gasteiger partial charge in [-0.15, -0.1) is 0 Å². The molecular formula is C20H20ClFN4O2. The minimum atomic E-state index is -0.865. The molecule has 0 aliphatic carbocycles. The number of imidazole rings is 1. The highest BCUT2D eigenvalue weighted by Gasteiger charge is 2.27. The highest BCUT2D eigenvalue weighted by molar-refractivity contribution is 6.31. The molecule has 0 fully saturated rings. The molecule has 2 aromatic carbocycles. The van der Waals surface area contributed by atoms with Gasteiger partial charge in [0.2, 0.25) is 11.9 Å². The largest absolute Gasteiger partial charge is 0.340 e. The molecule has 0 radical (unpaired) electrons. The van der Waals surface area contributed by atoms with Crippen LogP contribution in [0.1, 0.15) is 24.2 Å². The summed E-state index contributed by atoms with van der Waals surface area (Å²) < 4.78 is 15.6. The lowest BCUT2D eigenvalue weighted by Gasteiger charge is -2.21. The molecule has 0 saturated carbocycles. The summed E-state index contributed by atoms with van der Waals surface area (Å²) >= 11 is 5.99. The van der Waals surface area contributed by atoms with Gasteiger partial charge in [0.1, 0.15) is 11.9 Å². The fraction of sp³-hybridized carbons (Fsp3) is 0.250. The van der Waals surface area contributed by atoms with E-state index in [1.165, 1.54) is 18.2 Å². The number of carbonyl (C=O) groups excluding carboxylic acids is 2. The molecule has 0 bridgehead atoms. The molecule has 2 amide bonds. The first-order chi connectivity index (χ1) is 13.3. The topological polar surface area (TPSA) is 76.0 Å². The zero-order valence-corrected chi connectivity index (χ0v) is 16.4. The molecule has 146 valence electrons. The number of fused-ring (bicyclic) bond motifs is 1. The number of aromatic nitrogens is 2. The van der Waals surface area contributed by atoms with Crippen LogP contribution < -0.4 is 10.6 Å². The summed E-state index contributed by atoms with van der Waals surface area (Å²) in [5.74, 6) is -1.63. The summed E-state index contributed by atoms with van der Waals surface area (Å²) in [6.45, 7) is 3.58. The van der Waals surface area contributed by atoms with E-state index in [-0.39, 0.29) is 11.5 Å². The third-order valence-corrected chi connectivity index (χ3v) is 4.67. The van der Waals surface area contributed by atoms with Gasteiger partial charge in [-0.1, -0.05) is 37.6 Å². The summed E-state index contributed by atoms with van der Waals surface area (Å²) in [4.78, 5) is 29.6. The highest BCUT2D eigenvalue weighted by Crippen LogP contribution is 2.22. The van der Waals surface area contributed by atoms with Crippen molar-refractivity contribution >= 4 is 40.4 Å². The maximum atomic E-state index is 13.9. The van der Waals surface area contributed by atoms with Gasteiger partial charge in [-0.25, -0.2) is 9.37 Å². The van der Waals surface area contributed by atoms with Crippen LogP contribution in [0.2, 0.25) is 5.02 Å². The predicted octanol–water partition coefficient (Wildman–Crippen LogP) is 3.76. The van der Waals surface area contributed by atoms with E-state index >= 15 is 0 Å². The van der Waals surface area contributed by atoms with Gasteiger partial charge >= 0.3 is 0 Å². The molecule has 1 aromatic heterocycles. The van der Waals surface area contributed by atoms with Gasteiger partial charge in [-0.2, -0.15) is 0 Å². The number of halogens is 2. The number of carbonyl (C=O) groups is 2. The normalized spacial score (nSPS) is 12.2. The van der Waals surface area contributed by atoms with Crippen LogP contribution in [0.15, 0.2) is 42.5 Å². The Balaban J connectivity index is 1.81.